The Bertz CT molecular complexity index is 579. The van der Waals surface area contributed by atoms with Crippen molar-refractivity contribution >= 4 is 25.9 Å². The zero-order chi connectivity index (χ0) is 11.9. The van der Waals surface area contributed by atoms with Gasteiger partial charge in [-0.15, -0.1) is 0 Å². The summed E-state index contributed by atoms with van der Waals surface area (Å²) in [7, 11) is 1.68. The highest BCUT2D eigenvalue weighted by atomic mass is 35.7. The van der Waals surface area contributed by atoms with Gasteiger partial charge in [-0.05, 0) is 24.1 Å². The van der Waals surface area contributed by atoms with Crippen LogP contribution in [0.5, 0.6) is 0 Å². The summed E-state index contributed by atoms with van der Waals surface area (Å²) in [6.45, 7) is 5.61. The first-order valence-electron chi connectivity index (χ1n) is 4.68. The number of hydrogen-bond donors (Lipinski definition) is 0. The smallest absolute Gasteiger partial charge is 0.261 e. The van der Waals surface area contributed by atoms with E-state index in [4.69, 9.17) is 10.7 Å². The first-order chi connectivity index (χ1) is 7.41. The summed E-state index contributed by atoms with van der Waals surface area (Å²) in [4.78, 5) is 4.26. The van der Waals surface area contributed by atoms with Crippen LogP contribution in [0.3, 0.4) is 0 Å². The van der Waals surface area contributed by atoms with E-state index in [1.807, 2.05) is 13.0 Å². The van der Waals surface area contributed by atoms with Crippen LogP contribution in [0.2, 0.25) is 0 Å². The van der Waals surface area contributed by atoms with E-state index >= 15 is 0 Å². The van der Waals surface area contributed by atoms with Crippen molar-refractivity contribution in [1.29, 1.82) is 0 Å². The maximum atomic E-state index is 11.4. The topological polar surface area (TPSA) is 46.5 Å². The van der Waals surface area contributed by atoms with Crippen LogP contribution in [0.15, 0.2) is 51.5 Å². The van der Waals surface area contributed by atoms with Crippen LogP contribution in [0.1, 0.15) is 6.92 Å². The van der Waals surface area contributed by atoms with Crippen LogP contribution >= 0.6 is 10.7 Å². The largest absolute Gasteiger partial charge is 0.261 e. The SMILES string of the molecule is C=C1N=CC(C)=C2C(S(=O)(=O)Cl)=CC=CC12. The number of hydrogen-bond acceptors (Lipinski definition) is 3. The van der Waals surface area contributed by atoms with E-state index in [1.54, 1.807) is 12.3 Å². The molecule has 0 bridgehead atoms. The fourth-order valence-corrected chi connectivity index (χ4v) is 3.05. The van der Waals surface area contributed by atoms with Gasteiger partial charge in [0.1, 0.15) is 0 Å². The molecule has 5 heteroatoms. The van der Waals surface area contributed by atoms with E-state index in [1.165, 1.54) is 6.08 Å². The van der Waals surface area contributed by atoms with Crippen LogP contribution in [0.4, 0.5) is 0 Å². The minimum atomic E-state index is -3.73. The first kappa shape index (κ1) is 11.4. The Kier molecular flexibility index (Phi) is 2.64. The number of aliphatic imine (C=N–C) groups is 1. The number of nitrogens with zero attached hydrogens (tertiary/aromatic N) is 1. The number of allylic oxidation sites excluding steroid dienone is 5. The van der Waals surface area contributed by atoms with Crippen molar-refractivity contribution in [2.24, 2.45) is 10.9 Å². The van der Waals surface area contributed by atoms with Crippen molar-refractivity contribution in [3.8, 4) is 0 Å². The third-order valence-electron chi connectivity index (χ3n) is 2.60. The maximum absolute atomic E-state index is 11.4. The van der Waals surface area contributed by atoms with Gasteiger partial charge in [-0.3, -0.25) is 4.99 Å². The molecule has 0 N–H and O–H groups in total. The van der Waals surface area contributed by atoms with Crippen molar-refractivity contribution in [3.05, 3.63) is 46.6 Å². The van der Waals surface area contributed by atoms with Crippen LogP contribution in [0.25, 0.3) is 0 Å². The average molecular weight is 256 g/mol. The van der Waals surface area contributed by atoms with E-state index in [9.17, 15) is 8.42 Å². The lowest BCUT2D eigenvalue weighted by molar-refractivity contribution is 0.614. The van der Waals surface area contributed by atoms with Crippen molar-refractivity contribution in [1.82, 2.24) is 0 Å². The van der Waals surface area contributed by atoms with Crippen molar-refractivity contribution in [3.63, 3.8) is 0 Å². The van der Waals surface area contributed by atoms with Crippen molar-refractivity contribution in [2.75, 3.05) is 0 Å². The lowest BCUT2D eigenvalue weighted by Gasteiger charge is -2.25. The molecule has 0 aromatic rings. The lowest BCUT2D eigenvalue weighted by Crippen LogP contribution is -2.17. The quantitative estimate of drug-likeness (QED) is 0.676. The predicted octanol–water partition coefficient (Wildman–Crippen LogP) is 2.54. The van der Waals surface area contributed by atoms with E-state index in [0.29, 0.717) is 11.3 Å². The Morgan fingerprint density at radius 1 is 1.50 bits per heavy atom. The molecule has 0 saturated heterocycles. The molecule has 2 rings (SSSR count). The molecule has 0 aromatic heterocycles. The molecule has 3 nitrogen and oxygen atoms in total. The van der Waals surface area contributed by atoms with Gasteiger partial charge in [-0.1, -0.05) is 18.7 Å². The van der Waals surface area contributed by atoms with E-state index < -0.39 is 9.05 Å². The third kappa shape index (κ3) is 1.79. The Morgan fingerprint density at radius 3 is 2.81 bits per heavy atom. The van der Waals surface area contributed by atoms with Gasteiger partial charge >= 0.3 is 0 Å². The molecule has 2 aliphatic rings. The summed E-state index contributed by atoms with van der Waals surface area (Å²) in [5.41, 5.74) is 2.11. The molecule has 0 saturated carbocycles. The summed E-state index contributed by atoms with van der Waals surface area (Å²) in [5.74, 6) is -0.182. The molecule has 1 atom stereocenters. The molecule has 0 spiro atoms. The van der Waals surface area contributed by atoms with Crippen LogP contribution < -0.4 is 0 Å². The number of rotatable bonds is 1. The zero-order valence-electron chi connectivity index (χ0n) is 8.64. The molecular formula is C11H10ClNO2S. The fourth-order valence-electron chi connectivity index (χ4n) is 1.85. The maximum Gasteiger partial charge on any atom is 0.261 e. The second-order valence-electron chi connectivity index (χ2n) is 3.68. The second-order valence-corrected chi connectivity index (χ2v) is 6.21. The highest BCUT2D eigenvalue weighted by molar-refractivity contribution is 8.17. The van der Waals surface area contributed by atoms with Crippen molar-refractivity contribution < 1.29 is 8.42 Å². The predicted molar refractivity (Wildman–Crippen MR) is 65.8 cm³/mol. The molecule has 1 unspecified atom stereocenters. The summed E-state index contributed by atoms with van der Waals surface area (Å²) >= 11 is 0. The normalized spacial score (nSPS) is 24.5. The van der Waals surface area contributed by atoms with Gasteiger partial charge in [0.15, 0.2) is 0 Å². The third-order valence-corrected chi connectivity index (χ3v) is 3.98. The summed E-state index contributed by atoms with van der Waals surface area (Å²) in [5, 5.41) is 0. The highest BCUT2D eigenvalue weighted by Crippen LogP contribution is 2.38. The van der Waals surface area contributed by atoms with Gasteiger partial charge in [0.2, 0.25) is 0 Å². The number of halogens is 1. The number of fused-ring (bicyclic) bond motifs is 1. The first-order valence-corrected chi connectivity index (χ1v) is 6.99. The average Bonchev–Trinajstić information content (AvgIpc) is 2.22. The molecule has 1 aliphatic carbocycles. The summed E-state index contributed by atoms with van der Waals surface area (Å²) in [6, 6.07) is 0. The van der Waals surface area contributed by atoms with E-state index in [-0.39, 0.29) is 10.8 Å². The van der Waals surface area contributed by atoms with Gasteiger partial charge in [-0.25, -0.2) is 8.42 Å². The minimum absolute atomic E-state index is 0.145. The van der Waals surface area contributed by atoms with E-state index in [0.717, 1.165) is 5.57 Å². The summed E-state index contributed by atoms with van der Waals surface area (Å²) < 4.78 is 22.9. The van der Waals surface area contributed by atoms with Crippen LogP contribution in [-0.4, -0.2) is 14.6 Å². The van der Waals surface area contributed by atoms with Gasteiger partial charge in [0.25, 0.3) is 9.05 Å². The minimum Gasteiger partial charge on any atom is -0.261 e. The second kappa shape index (κ2) is 3.71. The molecular weight excluding hydrogens is 246 g/mol. The zero-order valence-corrected chi connectivity index (χ0v) is 10.2. The summed E-state index contributed by atoms with van der Waals surface area (Å²) in [6.07, 6.45) is 6.65. The number of dihydropyridines is 1. The standard InChI is InChI=1S/C11H10ClNO2S/c1-7-6-13-8(2)9-4-3-5-10(11(7)9)16(12,14)15/h3-6,9H,2H2,1H3. The van der Waals surface area contributed by atoms with Gasteiger partial charge in [0, 0.05) is 28.5 Å². The van der Waals surface area contributed by atoms with Crippen molar-refractivity contribution in [2.45, 2.75) is 6.92 Å². The Balaban J connectivity index is 2.66. The van der Waals surface area contributed by atoms with Gasteiger partial charge in [-0.2, -0.15) is 0 Å². The van der Waals surface area contributed by atoms with Crippen LogP contribution in [-0.2, 0) is 9.05 Å². The van der Waals surface area contributed by atoms with Gasteiger partial charge in [0.05, 0.1) is 4.91 Å². The molecule has 16 heavy (non-hydrogen) atoms. The fraction of sp³-hybridized carbons (Fsp3) is 0.182. The molecule has 1 aliphatic heterocycles. The molecule has 0 aromatic carbocycles. The highest BCUT2D eigenvalue weighted by Gasteiger charge is 2.30. The molecule has 0 fully saturated rings. The Labute approximate surface area is 98.9 Å². The van der Waals surface area contributed by atoms with Gasteiger partial charge < -0.3 is 0 Å². The lowest BCUT2D eigenvalue weighted by atomic mass is 9.87. The molecule has 84 valence electrons. The molecule has 1 heterocycles. The molecule has 0 amide bonds. The molecule has 0 radical (unpaired) electrons. The Morgan fingerprint density at radius 2 is 2.19 bits per heavy atom. The monoisotopic (exact) mass is 255 g/mol. The van der Waals surface area contributed by atoms with Crippen LogP contribution in [0, 0.1) is 5.92 Å². The Hall–Kier alpha value is -1.13. The van der Waals surface area contributed by atoms with E-state index in [2.05, 4.69) is 11.6 Å².